The lowest BCUT2D eigenvalue weighted by Crippen LogP contribution is -1.90. The van der Waals surface area contributed by atoms with Gasteiger partial charge in [0, 0.05) is 21.7 Å². The zero-order chi connectivity index (χ0) is 30.2. The van der Waals surface area contributed by atoms with E-state index in [0.717, 1.165) is 27.5 Å². The summed E-state index contributed by atoms with van der Waals surface area (Å²) in [5, 5.41) is 13.4. The van der Waals surface area contributed by atoms with Gasteiger partial charge in [0.05, 0.1) is 4.70 Å². The van der Waals surface area contributed by atoms with E-state index in [4.69, 9.17) is 4.42 Å². The first kappa shape index (κ1) is 25.6. The summed E-state index contributed by atoms with van der Waals surface area (Å²) < 4.78 is 7.97. The van der Waals surface area contributed by atoms with Crippen molar-refractivity contribution < 1.29 is 4.42 Å². The third kappa shape index (κ3) is 3.74. The molecule has 0 saturated carbocycles. The van der Waals surface area contributed by atoms with Gasteiger partial charge in [0.2, 0.25) is 0 Å². The fourth-order valence-corrected chi connectivity index (χ4v) is 8.48. The molecule has 0 aliphatic carbocycles. The Kier molecular flexibility index (Phi) is 5.51. The Bertz CT molecular complexity index is 2740. The zero-order valence-electron chi connectivity index (χ0n) is 24.8. The average molecular weight is 603 g/mol. The summed E-state index contributed by atoms with van der Waals surface area (Å²) >= 11 is 1.77. The maximum absolute atomic E-state index is 6.77. The molecule has 0 unspecified atom stereocenters. The molecule has 0 amide bonds. The van der Waals surface area contributed by atoms with Crippen LogP contribution in [-0.2, 0) is 0 Å². The molecule has 0 saturated heterocycles. The lowest BCUT2D eigenvalue weighted by atomic mass is 9.86. The third-order valence-electron chi connectivity index (χ3n) is 9.52. The normalized spacial score (nSPS) is 11.9. The molecule has 0 N–H and O–H groups in total. The number of furan rings is 1. The minimum absolute atomic E-state index is 0.918. The number of rotatable bonds is 3. The van der Waals surface area contributed by atoms with Gasteiger partial charge in [-0.1, -0.05) is 127 Å². The van der Waals surface area contributed by atoms with E-state index in [0.29, 0.717) is 0 Å². The second kappa shape index (κ2) is 9.90. The highest BCUT2D eigenvalue weighted by atomic mass is 32.1. The number of benzene rings is 8. The van der Waals surface area contributed by atoms with Crippen LogP contribution in [0.3, 0.4) is 0 Å². The van der Waals surface area contributed by atoms with Gasteiger partial charge < -0.3 is 4.42 Å². The highest BCUT2D eigenvalue weighted by molar-refractivity contribution is 7.18. The van der Waals surface area contributed by atoms with E-state index < -0.39 is 0 Å². The number of thiophene rings is 1. The summed E-state index contributed by atoms with van der Waals surface area (Å²) in [5.74, 6) is 0. The van der Waals surface area contributed by atoms with Crippen LogP contribution < -0.4 is 0 Å². The second-order valence-corrected chi connectivity index (χ2v) is 12.9. The molecule has 2 heterocycles. The molecule has 0 atom stereocenters. The summed E-state index contributed by atoms with van der Waals surface area (Å²) in [6.45, 7) is 0. The molecule has 2 heteroatoms. The molecule has 46 heavy (non-hydrogen) atoms. The smallest absolute Gasteiger partial charge is 0.153 e. The molecular formula is C44H26OS. The molecule has 10 rings (SSSR count). The molecule has 214 valence electrons. The summed E-state index contributed by atoms with van der Waals surface area (Å²) in [5.41, 5.74) is 9.30. The van der Waals surface area contributed by atoms with Crippen molar-refractivity contribution in [1.29, 1.82) is 0 Å². The molecule has 8 aromatic carbocycles. The van der Waals surface area contributed by atoms with Gasteiger partial charge in [0.1, 0.15) is 5.58 Å². The van der Waals surface area contributed by atoms with Gasteiger partial charge in [-0.2, -0.15) is 0 Å². The van der Waals surface area contributed by atoms with Crippen LogP contribution in [0, 0.1) is 0 Å². The minimum Gasteiger partial charge on any atom is -0.455 e. The molecular weight excluding hydrogens is 577 g/mol. The molecule has 1 nitrogen and oxygen atoms in total. The summed E-state index contributed by atoms with van der Waals surface area (Å²) in [7, 11) is 0. The molecule has 0 aliphatic rings. The van der Waals surface area contributed by atoms with Gasteiger partial charge in [-0.05, 0) is 89.8 Å². The highest BCUT2D eigenvalue weighted by Gasteiger charge is 2.19. The Hall–Kier alpha value is -5.70. The van der Waals surface area contributed by atoms with Crippen LogP contribution in [0.15, 0.2) is 161 Å². The van der Waals surface area contributed by atoms with Gasteiger partial charge in [-0.15, -0.1) is 11.3 Å². The maximum Gasteiger partial charge on any atom is 0.153 e. The summed E-state index contributed by atoms with van der Waals surface area (Å²) in [6, 6.07) is 54.9. The summed E-state index contributed by atoms with van der Waals surface area (Å²) in [4.78, 5) is 0. The average Bonchev–Trinajstić information content (AvgIpc) is 3.72. The lowest BCUT2D eigenvalue weighted by Gasteiger charge is -2.17. The van der Waals surface area contributed by atoms with Crippen molar-refractivity contribution >= 4 is 75.7 Å². The predicted octanol–water partition coefficient (Wildman–Crippen LogP) is 13.3. The van der Waals surface area contributed by atoms with Crippen molar-refractivity contribution in [3.05, 3.63) is 157 Å². The maximum atomic E-state index is 6.77. The van der Waals surface area contributed by atoms with E-state index in [1.54, 1.807) is 11.3 Å². The van der Waals surface area contributed by atoms with Crippen molar-refractivity contribution in [3.63, 3.8) is 0 Å². The summed E-state index contributed by atoms with van der Waals surface area (Å²) in [6.07, 6.45) is 0. The SMILES string of the molecule is c1ccc(-c2c3ccccc3c(-c3ccc4c(c3)oc3c4ccc4c(-c5ccc6ccccc6c5)csc43)c3ccccc23)cc1. The van der Waals surface area contributed by atoms with Gasteiger partial charge in [0.25, 0.3) is 0 Å². The first-order valence-corrected chi connectivity index (χ1v) is 16.5. The van der Waals surface area contributed by atoms with Crippen LogP contribution in [0.2, 0.25) is 0 Å². The van der Waals surface area contributed by atoms with Crippen LogP contribution in [-0.4, -0.2) is 0 Å². The van der Waals surface area contributed by atoms with E-state index in [9.17, 15) is 0 Å². The number of hydrogen-bond donors (Lipinski definition) is 0. The Morgan fingerprint density at radius 3 is 1.72 bits per heavy atom. The van der Waals surface area contributed by atoms with E-state index in [1.807, 2.05) is 0 Å². The Balaban J connectivity index is 1.18. The van der Waals surface area contributed by atoms with Crippen LogP contribution in [0.4, 0.5) is 0 Å². The number of hydrogen-bond acceptors (Lipinski definition) is 2. The van der Waals surface area contributed by atoms with Crippen LogP contribution in [0.5, 0.6) is 0 Å². The molecule has 0 radical (unpaired) electrons. The monoisotopic (exact) mass is 602 g/mol. The number of fused-ring (bicyclic) bond motifs is 8. The fourth-order valence-electron chi connectivity index (χ4n) is 7.42. The minimum atomic E-state index is 0.918. The lowest BCUT2D eigenvalue weighted by molar-refractivity contribution is 0.673. The van der Waals surface area contributed by atoms with Gasteiger partial charge in [-0.3, -0.25) is 0 Å². The van der Waals surface area contributed by atoms with E-state index >= 15 is 0 Å². The van der Waals surface area contributed by atoms with Crippen LogP contribution in [0.25, 0.3) is 97.7 Å². The van der Waals surface area contributed by atoms with Gasteiger partial charge >= 0.3 is 0 Å². The molecule has 2 aromatic heterocycles. The first-order chi connectivity index (χ1) is 22.8. The Morgan fingerprint density at radius 1 is 0.391 bits per heavy atom. The molecule has 10 aromatic rings. The zero-order valence-corrected chi connectivity index (χ0v) is 25.6. The Morgan fingerprint density at radius 2 is 0.978 bits per heavy atom. The Labute approximate surface area is 269 Å². The third-order valence-corrected chi connectivity index (χ3v) is 10.5. The van der Waals surface area contributed by atoms with Gasteiger partial charge in [-0.25, -0.2) is 0 Å². The quantitative estimate of drug-likeness (QED) is 0.183. The largest absolute Gasteiger partial charge is 0.455 e. The van der Waals surface area contributed by atoms with Crippen molar-refractivity contribution in [1.82, 2.24) is 0 Å². The topological polar surface area (TPSA) is 13.1 Å². The van der Waals surface area contributed by atoms with Crippen molar-refractivity contribution in [3.8, 4) is 33.4 Å². The molecule has 0 spiro atoms. The van der Waals surface area contributed by atoms with Crippen molar-refractivity contribution in [2.75, 3.05) is 0 Å². The van der Waals surface area contributed by atoms with Crippen LogP contribution >= 0.6 is 11.3 Å². The van der Waals surface area contributed by atoms with Crippen molar-refractivity contribution in [2.45, 2.75) is 0 Å². The standard InChI is InChI=1S/C44H26OS/c1-2-11-28(12-3-1)41-33-14-6-8-16-35(33)42(36-17-9-7-15-34(36)41)31-20-21-32-37-22-23-38-39(26-46-44(38)43(37)45-40(32)25-31)30-19-18-27-10-4-5-13-29(27)24-30/h1-26H. The molecule has 0 bridgehead atoms. The van der Waals surface area contributed by atoms with E-state index in [2.05, 4.69) is 157 Å². The predicted molar refractivity (Wildman–Crippen MR) is 198 cm³/mol. The van der Waals surface area contributed by atoms with Crippen LogP contribution in [0.1, 0.15) is 0 Å². The first-order valence-electron chi connectivity index (χ1n) is 15.7. The molecule has 0 fully saturated rings. The molecule has 0 aliphatic heterocycles. The fraction of sp³-hybridized carbons (Fsp3) is 0. The van der Waals surface area contributed by atoms with Crippen molar-refractivity contribution in [2.24, 2.45) is 0 Å². The second-order valence-electron chi connectivity index (χ2n) is 12.1. The van der Waals surface area contributed by atoms with E-state index in [1.165, 1.54) is 70.2 Å². The highest BCUT2D eigenvalue weighted by Crippen LogP contribution is 2.46. The van der Waals surface area contributed by atoms with E-state index in [-0.39, 0.29) is 0 Å². The van der Waals surface area contributed by atoms with Gasteiger partial charge in [0.15, 0.2) is 5.58 Å².